The van der Waals surface area contributed by atoms with Gasteiger partial charge in [-0.2, -0.15) is 0 Å². The Morgan fingerprint density at radius 2 is 1.67 bits per heavy atom. The molecular weight excluding hydrogens is 305 g/mol. The SMILES string of the molecule is CC(Nc1nc(Cl)nc2ccccc12)c1ccccc1Cl. The average Bonchev–Trinajstić information content (AvgIpc) is 2.47. The Balaban J connectivity index is 2.00. The van der Waals surface area contributed by atoms with E-state index in [4.69, 9.17) is 23.2 Å². The second-order valence-corrected chi connectivity index (χ2v) is 5.49. The zero-order valence-corrected chi connectivity index (χ0v) is 12.9. The summed E-state index contributed by atoms with van der Waals surface area (Å²) >= 11 is 12.2. The van der Waals surface area contributed by atoms with Crippen LogP contribution in [0.15, 0.2) is 48.5 Å². The fourth-order valence-electron chi connectivity index (χ4n) is 2.27. The summed E-state index contributed by atoms with van der Waals surface area (Å²) in [5, 5.41) is 5.24. The number of nitrogens with zero attached hydrogens (tertiary/aromatic N) is 2. The van der Waals surface area contributed by atoms with E-state index in [9.17, 15) is 0 Å². The third-order valence-electron chi connectivity index (χ3n) is 3.30. The molecule has 0 bridgehead atoms. The molecule has 0 radical (unpaired) electrons. The molecule has 0 aliphatic rings. The Kier molecular flexibility index (Phi) is 3.95. The maximum Gasteiger partial charge on any atom is 0.224 e. The van der Waals surface area contributed by atoms with Crippen molar-refractivity contribution in [2.45, 2.75) is 13.0 Å². The van der Waals surface area contributed by atoms with Gasteiger partial charge >= 0.3 is 0 Å². The molecule has 3 aromatic rings. The molecule has 1 atom stereocenters. The number of para-hydroxylation sites is 1. The molecule has 0 aliphatic carbocycles. The number of hydrogen-bond acceptors (Lipinski definition) is 3. The topological polar surface area (TPSA) is 37.8 Å². The van der Waals surface area contributed by atoms with Gasteiger partial charge in [0.1, 0.15) is 5.82 Å². The monoisotopic (exact) mass is 317 g/mol. The van der Waals surface area contributed by atoms with Crippen molar-refractivity contribution in [3.8, 4) is 0 Å². The van der Waals surface area contributed by atoms with Crippen molar-refractivity contribution in [2.75, 3.05) is 5.32 Å². The third kappa shape index (κ3) is 2.94. The average molecular weight is 318 g/mol. The van der Waals surface area contributed by atoms with E-state index in [0.29, 0.717) is 5.82 Å². The first kappa shape index (κ1) is 14.1. The summed E-state index contributed by atoms with van der Waals surface area (Å²) in [4.78, 5) is 8.52. The van der Waals surface area contributed by atoms with Gasteiger partial charge in [0, 0.05) is 10.4 Å². The highest BCUT2D eigenvalue weighted by atomic mass is 35.5. The largest absolute Gasteiger partial charge is 0.363 e. The molecule has 1 unspecified atom stereocenters. The maximum atomic E-state index is 6.24. The lowest BCUT2D eigenvalue weighted by Gasteiger charge is -2.17. The minimum absolute atomic E-state index is 0.00747. The van der Waals surface area contributed by atoms with E-state index in [-0.39, 0.29) is 11.3 Å². The van der Waals surface area contributed by atoms with Crippen LogP contribution >= 0.6 is 23.2 Å². The minimum Gasteiger partial charge on any atom is -0.363 e. The van der Waals surface area contributed by atoms with Crippen molar-refractivity contribution in [3.63, 3.8) is 0 Å². The number of anilines is 1. The van der Waals surface area contributed by atoms with Crippen LogP contribution in [-0.4, -0.2) is 9.97 Å². The predicted molar refractivity (Wildman–Crippen MR) is 88.0 cm³/mol. The van der Waals surface area contributed by atoms with E-state index in [1.54, 1.807) is 0 Å². The second-order valence-electron chi connectivity index (χ2n) is 4.75. The molecule has 1 N–H and O–H groups in total. The molecule has 0 spiro atoms. The molecule has 106 valence electrons. The number of fused-ring (bicyclic) bond motifs is 1. The van der Waals surface area contributed by atoms with Gasteiger partial charge in [-0.05, 0) is 42.3 Å². The highest BCUT2D eigenvalue weighted by Gasteiger charge is 2.12. The summed E-state index contributed by atoms with van der Waals surface area (Å²) < 4.78 is 0. The van der Waals surface area contributed by atoms with E-state index in [1.807, 2.05) is 55.5 Å². The standard InChI is InChI=1S/C16H13Cl2N3/c1-10(11-6-2-4-8-13(11)17)19-15-12-7-3-5-9-14(12)20-16(18)21-15/h2-10H,1H3,(H,19,20,21). The van der Waals surface area contributed by atoms with Crippen LogP contribution in [0.2, 0.25) is 10.3 Å². The summed E-state index contributed by atoms with van der Waals surface area (Å²) in [6, 6.07) is 15.5. The predicted octanol–water partition coefficient (Wildman–Crippen LogP) is 5.11. The zero-order chi connectivity index (χ0) is 14.8. The van der Waals surface area contributed by atoms with Gasteiger partial charge in [-0.25, -0.2) is 9.97 Å². The number of rotatable bonds is 3. The lowest BCUT2D eigenvalue weighted by Crippen LogP contribution is -2.09. The van der Waals surface area contributed by atoms with Crippen LogP contribution in [0.3, 0.4) is 0 Å². The van der Waals surface area contributed by atoms with Crippen LogP contribution in [0.25, 0.3) is 10.9 Å². The molecule has 2 aromatic carbocycles. The van der Waals surface area contributed by atoms with Crippen LogP contribution in [-0.2, 0) is 0 Å². The van der Waals surface area contributed by atoms with Crippen molar-refractivity contribution in [3.05, 3.63) is 64.4 Å². The van der Waals surface area contributed by atoms with Crippen molar-refractivity contribution in [2.24, 2.45) is 0 Å². The Morgan fingerprint density at radius 3 is 2.48 bits per heavy atom. The first-order valence-electron chi connectivity index (χ1n) is 6.58. The first-order valence-corrected chi connectivity index (χ1v) is 7.34. The lowest BCUT2D eigenvalue weighted by atomic mass is 10.1. The van der Waals surface area contributed by atoms with Gasteiger partial charge in [-0.15, -0.1) is 0 Å². The molecule has 0 amide bonds. The van der Waals surface area contributed by atoms with Crippen LogP contribution in [0.4, 0.5) is 5.82 Å². The molecule has 3 nitrogen and oxygen atoms in total. The molecule has 0 fully saturated rings. The van der Waals surface area contributed by atoms with E-state index in [0.717, 1.165) is 21.5 Å². The van der Waals surface area contributed by atoms with Crippen molar-refractivity contribution in [1.82, 2.24) is 9.97 Å². The fourth-order valence-corrected chi connectivity index (χ4v) is 2.74. The van der Waals surface area contributed by atoms with Crippen LogP contribution in [0, 0.1) is 0 Å². The summed E-state index contributed by atoms with van der Waals surface area (Å²) in [5.74, 6) is 0.706. The number of aromatic nitrogens is 2. The highest BCUT2D eigenvalue weighted by molar-refractivity contribution is 6.31. The van der Waals surface area contributed by atoms with Crippen molar-refractivity contribution in [1.29, 1.82) is 0 Å². The number of nitrogens with one attached hydrogen (secondary N) is 1. The number of halogens is 2. The summed E-state index contributed by atoms with van der Waals surface area (Å²) in [6.45, 7) is 2.03. The minimum atomic E-state index is 0.00747. The summed E-state index contributed by atoms with van der Waals surface area (Å²) in [6.07, 6.45) is 0. The summed E-state index contributed by atoms with van der Waals surface area (Å²) in [5.41, 5.74) is 1.82. The Morgan fingerprint density at radius 1 is 0.952 bits per heavy atom. The molecule has 0 aliphatic heterocycles. The van der Waals surface area contributed by atoms with Gasteiger partial charge in [0.2, 0.25) is 5.28 Å². The molecule has 3 rings (SSSR count). The maximum absolute atomic E-state index is 6.24. The third-order valence-corrected chi connectivity index (χ3v) is 3.81. The Labute approximate surface area is 132 Å². The van der Waals surface area contributed by atoms with E-state index in [2.05, 4.69) is 15.3 Å². The Hall–Kier alpha value is -1.84. The van der Waals surface area contributed by atoms with Gasteiger partial charge in [-0.1, -0.05) is 41.9 Å². The smallest absolute Gasteiger partial charge is 0.224 e. The number of hydrogen-bond donors (Lipinski definition) is 1. The van der Waals surface area contributed by atoms with E-state index in [1.165, 1.54) is 0 Å². The quantitative estimate of drug-likeness (QED) is 0.682. The van der Waals surface area contributed by atoms with Crippen molar-refractivity contribution < 1.29 is 0 Å². The molecule has 0 saturated heterocycles. The number of benzene rings is 2. The summed E-state index contributed by atoms with van der Waals surface area (Å²) in [7, 11) is 0. The molecule has 0 saturated carbocycles. The molecular formula is C16H13Cl2N3. The zero-order valence-electron chi connectivity index (χ0n) is 11.3. The lowest BCUT2D eigenvalue weighted by molar-refractivity contribution is 0.876. The van der Waals surface area contributed by atoms with E-state index >= 15 is 0 Å². The van der Waals surface area contributed by atoms with Gasteiger partial charge in [0.15, 0.2) is 0 Å². The normalized spacial score (nSPS) is 12.3. The van der Waals surface area contributed by atoms with Crippen LogP contribution in [0.5, 0.6) is 0 Å². The van der Waals surface area contributed by atoms with Crippen molar-refractivity contribution >= 4 is 39.9 Å². The molecule has 1 aromatic heterocycles. The molecule has 1 heterocycles. The van der Waals surface area contributed by atoms with Gasteiger partial charge in [0.05, 0.1) is 11.6 Å². The second kappa shape index (κ2) is 5.88. The molecule has 5 heteroatoms. The van der Waals surface area contributed by atoms with E-state index < -0.39 is 0 Å². The van der Waals surface area contributed by atoms with Crippen LogP contribution < -0.4 is 5.32 Å². The van der Waals surface area contributed by atoms with Gasteiger partial charge in [-0.3, -0.25) is 0 Å². The molecule has 21 heavy (non-hydrogen) atoms. The van der Waals surface area contributed by atoms with Crippen LogP contribution in [0.1, 0.15) is 18.5 Å². The van der Waals surface area contributed by atoms with Gasteiger partial charge < -0.3 is 5.32 Å². The highest BCUT2D eigenvalue weighted by Crippen LogP contribution is 2.28. The van der Waals surface area contributed by atoms with Gasteiger partial charge in [0.25, 0.3) is 0 Å². The Bertz CT molecular complexity index is 789. The first-order chi connectivity index (χ1) is 10.1. The fraction of sp³-hybridized carbons (Fsp3) is 0.125.